The summed E-state index contributed by atoms with van der Waals surface area (Å²) in [5, 5.41) is 41.9. The zero-order valence-corrected chi connectivity index (χ0v) is 13.4. The summed E-state index contributed by atoms with van der Waals surface area (Å²) in [4.78, 5) is 12.7. The Morgan fingerprint density at radius 3 is 2.50 bits per heavy atom. The highest BCUT2D eigenvalue weighted by Gasteiger charge is 2.03. The van der Waals surface area contributed by atoms with Gasteiger partial charge in [0.25, 0.3) is 0 Å². The van der Waals surface area contributed by atoms with Crippen molar-refractivity contribution in [2.24, 2.45) is 4.99 Å². The predicted octanol–water partition coefficient (Wildman–Crippen LogP) is 2.75. The summed E-state index contributed by atoms with van der Waals surface area (Å²) in [7, 11) is 0. The molecule has 3 N–H and O–H groups in total. The minimum Gasteiger partial charge on any atom is -0.762 e. The van der Waals surface area contributed by atoms with Crippen molar-refractivity contribution in [2.75, 3.05) is 11.9 Å². The molecule has 0 saturated heterocycles. The fraction of sp³-hybridized carbons (Fsp3) is 0.0625. The highest BCUT2D eigenvalue weighted by molar-refractivity contribution is 5.96. The van der Waals surface area contributed by atoms with Crippen LogP contribution in [-0.2, 0) is 0 Å². The second-order valence-corrected chi connectivity index (χ2v) is 5.26. The fourth-order valence-electron chi connectivity index (χ4n) is 2.31. The first-order valence-corrected chi connectivity index (χ1v) is 7.45. The molecule has 2 heterocycles. The Morgan fingerprint density at radius 2 is 1.77 bits per heavy atom. The second-order valence-electron chi connectivity index (χ2n) is 5.26. The molecule has 0 fully saturated rings. The summed E-state index contributed by atoms with van der Waals surface area (Å²) < 4.78 is 0. The number of pyridine rings is 2. The van der Waals surface area contributed by atoms with E-state index in [1.165, 1.54) is 12.4 Å². The van der Waals surface area contributed by atoms with E-state index < -0.39 is 0 Å². The smallest absolute Gasteiger partial charge is 0.0815 e. The number of hydrogen-bond donors (Lipinski definition) is 3. The lowest BCUT2D eigenvalue weighted by Crippen LogP contribution is -2.12. The molecule has 10 nitrogen and oxygen atoms in total. The van der Waals surface area contributed by atoms with Crippen LogP contribution in [0.25, 0.3) is 21.8 Å². The fourth-order valence-corrected chi connectivity index (χ4v) is 2.31. The number of nitrogens with zero attached hydrogens (tertiary/aromatic N) is 5. The number of benzene rings is 1. The van der Waals surface area contributed by atoms with E-state index in [-0.39, 0.29) is 17.0 Å². The third-order valence-corrected chi connectivity index (χ3v) is 3.40. The van der Waals surface area contributed by atoms with Crippen LogP contribution in [0.4, 0.5) is 11.4 Å². The molecule has 0 aliphatic rings. The third-order valence-electron chi connectivity index (χ3n) is 3.40. The van der Waals surface area contributed by atoms with E-state index in [9.17, 15) is 10.4 Å². The summed E-state index contributed by atoms with van der Waals surface area (Å²) in [5.41, 5.74) is 2.66. The van der Waals surface area contributed by atoms with E-state index >= 15 is 0 Å². The minimum absolute atomic E-state index is 0.219. The molecule has 0 unspecified atom stereocenters. The predicted molar refractivity (Wildman–Crippen MR) is 96.8 cm³/mol. The van der Waals surface area contributed by atoms with Gasteiger partial charge in [-0.15, -0.1) is 0 Å². The Hall–Kier alpha value is -3.15. The van der Waals surface area contributed by atoms with E-state index in [4.69, 9.17) is 10.4 Å². The van der Waals surface area contributed by atoms with Gasteiger partial charge < -0.3 is 26.2 Å². The van der Waals surface area contributed by atoms with Crippen molar-refractivity contribution in [3.8, 4) is 0 Å². The standard InChI is InChI=1S/C16H14N6O4/c23-21(24)3-1-17-13-6-11-5-12-7-14(18-2-4-22(25)26)10-20-16(12)8-15(11)19-9-13/h1-3,5-10,17,23,25H,4H2/q-2. The average molecular weight is 354 g/mol. The van der Waals surface area contributed by atoms with Crippen molar-refractivity contribution in [3.63, 3.8) is 0 Å². The van der Waals surface area contributed by atoms with Gasteiger partial charge in [-0.25, -0.2) is 0 Å². The minimum atomic E-state index is -0.314. The number of hydrogen-bond acceptors (Lipinski definition) is 10. The van der Waals surface area contributed by atoms with Crippen molar-refractivity contribution in [1.82, 2.24) is 20.4 Å². The van der Waals surface area contributed by atoms with Gasteiger partial charge in [-0.2, -0.15) is 0 Å². The number of fused-ring (bicyclic) bond motifs is 2. The Bertz CT molecular complexity index is 974. The maximum Gasteiger partial charge on any atom is 0.0815 e. The number of aromatic nitrogens is 2. The average Bonchev–Trinajstić information content (AvgIpc) is 2.59. The Labute approximate surface area is 147 Å². The van der Waals surface area contributed by atoms with Crippen molar-refractivity contribution in [1.29, 1.82) is 0 Å². The number of anilines is 1. The van der Waals surface area contributed by atoms with Crippen LogP contribution in [0.1, 0.15) is 0 Å². The first kappa shape index (κ1) is 17.7. The summed E-state index contributed by atoms with van der Waals surface area (Å²) in [6.07, 6.45) is 6.63. The molecular formula is C16H14N6O4-2. The molecule has 10 heteroatoms. The Balaban J connectivity index is 1.91. The summed E-state index contributed by atoms with van der Waals surface area (Å²) in [6.45, 7) is -0.239. The van der Waals surface area contributed by atoms with E-state index in [2.05, 4.69) is 20.3 Å². The van der Waals surface area contributed by atoms with Gasteiger partial charge in [0.1, 0.15) is 0 Å². The summed E-state index contributed by atoms with van der Waals surface area (Å²) in [5.74, 6) is 0. The normalized spacial score (nSPS) is 12.0. The van der Waals surface area contributed by atoms with Crippen LogP contribution in [0.3, 0.4) is 0 Å². The van der Waals surface area contributed by atoms with Gasteiger partial charge >= 0.3 is 0 Å². The molecule has 0 saturated carbocycles. The molecule has 0 atom stereocenters. The molecule has 3 rings (SSSR count). The van der Waals surface area contributed by atoms with Gasteiger partial charge in [0.05, 0.1) is 34.8 Å². The Kier molecular flexibility index (Phi) is 5.31. The van der Waals surface area contributed by atoms with Crippen LogP contribution in [0.15, 0.2) is 54.1 Å². The van der Waals surface area contributed by atoms with Crippen LogP contribution in [0, 0.1) is 10.4 Å². The summed E-state index contributed by atoms with van der Waals surface area (Å²) >= 11 is 0. The molecule has 0 amide bonds. The van der Waals surface area contributed by atoms with Crippen molar-refractivity contribution < 1.29 is 10.4 Å². The van der Waals surface area contributed by atoms with E-state index in [0.717, 1.165) is 28.0 Å². The lowest BCUT2D eigenvalue weighted by atomic mass is 10.1. The highest BCUT2D eigenvalue weighted by Crippen LogP contribution is 2.25. The number of aliphatic imine (C=N–C) groups is 1. The van der Waals surface area contributed by atoms with Crippen molar-refractivity contribution in [2.45, 2.75) is 0 Å². The van der Waals surface area contributed by atoms with Gasteiger partial charge in [-0.05, 0) is 24.3 Å². The third kappa shape index (κ3) is 4.47. The van der Waals surface area contributed by atoms with Gasteiger partial charge in [0, 0.05) is 35.9 Å². The number of nitrogens with one attached hydrogen (secondary N) is 1. The lowest BCUT2D eigenvalue weighted by Gasteiger charge is -2.15. The molecule has 0 spiro atoms. The first-order chi connectivity index (χ1) is 12.5. The van der Waals surface area contributed by atoms with Crippen LogP contribution >= 0.6 is 0 Å². The van der Waals surface area contributed by atoms with E-state index in [0.29, 0.717) is 11.4 Å². The van der Waals surface area contributed by atoms with Crippen molar-refractivity contribution >= 4 is 39.4 Å². The van der Waals surface area contributed by atoms with Gasteiger partial charge in [-0.3, -0.25) is 25.4 Å². The molecule has 26 heavy (non-hydrogen) atoms. The number of hydroxylamine groups is 4. The first-order valence-electron chi connectivity index (χ1n) is 7.45. The molecule has 2 aromatic heterocycles. The largest absolute Gasteiger partial charge is 0.762 e. The molecule has 1 aromatic carbocycles. The van der Waals surface area contributed by atoms with E-state index in [1.807, 2.05) is 18.2 Å². The highest BCUT2D eigenvalue weighted by atomic mass is 16.8. The van der Waals surface area contributed by atoms with Crippen LogP contribution < -0.4 is 5.32 Å². The molecule has 0 bridgehead atoms. The summed E-state index contributed by atoms with van der Waals surface area (Å²) in [6, 6.07) is 7.34. The van der Waals surface area contributed by atoms with Gasteiger partial charge in [0.15, 0.2) is 0 Å². The zero-order chi connectivity index (χ0) is 18.5. The molecular weight excluding hydrogens is 340 g/mol. The maximum atomic E-state index is 10.5. The lowest BCUT2D eigenvalue weighted by molar-refractivity contribution is -0.0236. The quantitative estimate of drug-likeness (QED) is 0.346. The SMILES string of the molecule is [O-]N(O)C=CNc1cnc2cc3ncc(N=CCN([O-])O)cc3cc2c1. The molecule has 0 aliphatic carbocycles. The van der Waals surface area contributed by atoms with Crippen LogP contribution in [-0.4, -0.2) is 43.6 Å². The maximum absolute atomic E-state index is 10.5. The monoisotopic (exact) mass is 354 g/mol. The van der Waals surface area contributed by atoms with Gasteiger partial charge in [-0.1, -0.05) is 0 Å². The van der Waals surface area contributed by atoms with Gasteiger partial charge in [0.2, 0.25) is 0 Å². The number of rotatable bonds is 6. The van der Waals surface area contributed by atoms with Crippen LogP contribution in [0.5, 0.6) is 0 Å². The van der Waals surface area contributed by atoms with E-state index in [1.54, 1.807) is 18.5 Å². The molecule has 0 radical (unpaired) electrons. The molecule has 3 aromatic rings. The topological polar surface area (TPSA) is 143 Å². The molecule has 134 valence electrons. The zero-order valence-electron chi connectivity index (χ0n) is 13.4. The molecule has 0 aliphatic heterocycles. The Morgan fingerprint density at radius 1 is 1.04 bits per heavy atom. The second kappa shape index (κ2) is 7.82. The van der Waals surface area contributed by atoms with Crippen molar-refractivity contribution in [3.05, 3.63) is 59.5 Å². The van der Waals surface area contributed by atoms with Crippen LogP contribution in [0.2, 0.25) is 0 Å².